The quantitative estimate of drug-likeness (QED) is 0.704. The highest BCUT2D eigenvalue weighted by Crippen LogP contribution is 2.18. The van der Waals surface area contributed by atoms with Gasteiger partial charge in [-0.3, -0.25) is 0 Å². The van der Waals surface area contributed by atoms with Crippen LogP contribution in [0.25, 0.3) is 0 Å². The summed E-state index contributed by atoms with van der Waals surface area (Å²) < 4.78 is 1.88. The summed E-state index contributed by atoms with van der Waals surface area (Å²) in [6.07, 6.45) is 4.57. The molecule has 0 spiro atoms. The van der Waals surface area contributed by atoms with Gasteiger partial charge < -0.3 is 15.0 Å². The van der Waals surface area contributed by atoms with E-state index < -0.39 is 0 Å². The van der Waals surface area contributed by atoms with Gasteiger partial charge in [0.05, 0.1) is 12.6 Å². The Balaban J connectivity index is 1.85. The van der Waals surface area contributed by atoms with Gasteiger partial charge in [0.1, 0.15) is 12.2 Å². The largest absolute Gasteiger partial charge is 0.392 e. The Labute approximate surface area is 83.2 Å². The third-order valence-corrected chi connectivity index (χ3v) is 2.81. The highest BCUT2D eigenvalue weighted by molar-refractivity contribution is 4.88. The van der Waals surface area contributed by atoms with Crippen molar-refractivity contribution in [2.24, 2.45) is 7.05 Å². The van der Waals surface area contributed by atoms with Crippen molar-refractivity contribution in [3.05, 3.63) is 12.2 Å². The maximum absolute atomic E-state index is 9.58. The monoisotopic (exact) mass is 196 g/mol. The highest BCUT2D eigenvalue weighted by atomic mass is 16.3. The first kappa shape index (κ1) is 9.61. The number of nitrogens with zero attached hydrogens (tertiary/aromatic N) is 3. The molecule has 0 radical (unpaired) electrons. The molecule has 1 aliphatic rings. The minimum Gasteiger partial charge on any atom is -0.392 e. The second kappa shape index (κ2) is 4.06. The van der Waals surface area contributed by atoms with E-state index in [1.807, 2.05) is 11.6 Å². The first-order valence-electron chi connectivity index (χ1n) is 5.01. The normalized spacial score (nSPS) is 27.0. The summed E-state index contributed by atoms with van der Waals surface area (Å²) >= 11 is 0. The molecule has 1 aliphatic carbocycles. The van der Waals surface area contributed by atoms with Crippen molar-refractivity contribution in [1.29, 1.82) is 0 Å². The van der Waals surface area contributed by atoms with E-state index in [1.165, 1.54) is 0 Å². The molecule has 14 heavy (non-hydrogen) atoms. The maximum atomic E-state index is 9.58. The van der Waals surface area contributed by atoms with Crippen molar-refractivity contribution in [2.45, 2.75) is 38.0 Å². The molecular formula is C9H16N4O. The van der Waals surface area contributed by atoms with Gasteiger partial charge in [-0.05, 0) is 19.3 Å². The average Bonchev–Trinajstić information content (AvgIpc) is 2.72. The van der Waals surface area contributed by atoms with E-state index in [-0.39, 0.29) is 12.1 Å². The minimum atomic E-state index is -0.191. The second-order valence-electron chi connectivity index (χ2n) is 3.84. The molecule has 5 nitrogen and oxygen atoms in total. The molecule has 2 N–H and O–H groups in total. The molecule has 2 rings (SSSR count). The molecule has 1 aromatic rings. The summed E-state index contributed by atoms with van der Waals surface area (Å²) in [6.45, 7) is 0.679. The number of rotatable bonds is 3. The van der Waals surface area contributed by atoms with Gasteiger partial charge in [0.25, 0.3) is 0 Å². The molecule has 1 fully saturated rings. The molecule has 0 unspecified atom stereocenters. The van der Waals surface area contributed by atoms with Crippen LogP contribution in [0.5, 0.6) is 0 Å². The summed E-state index contributed by atoms with van der Waals surface area (Å²) in [5.74, 6) is 0.907. The number of aryl methyl sites for hydroxylation is 1. The molecule has 2 atom stereocenters. The van der Waals surface area contributed by atoms with Gasteiger partial charge in [0.2, 0.25) is 0 Å². The van der Waals surface area contributed by atoms with Crippen molar-refractivity contribution >= 4 is 0 Å². The van der Waals surface area contributed by atoms with Crippen LogP contribution in [0.15, 0.2) is 6.33 Å². The van der Waals surface area contributed by atoms with Crippen LogP contribution in [-0.2, 0) is 13.6 Å². The van der Waals surface area contributed by atoms with Crippen LogP contribution in [0.3, 0.4) is 0 Å². The first-order chi connectivity index (χ1) is 6.77. The Morgan fingerprint density at radius 3 is 3.07 bits per heavy atom. The zero-order valence-corrected chi connectivity index (χ0v) is 8.35. The van der Waals surface area contributed by atoms with Crippen molar-refractivity contribution < 1.29 is 5.11 Å². The lowest BCUT2D eigenvalue weighted by Gasteiger charge is -2.15. The molecule has 0 saturated heterocycles. The van der Waals surface area contributed by atoms with Crippen LogP contribution < -0.4 is 5.32 Å². The van der Waals surface area contributed by atoms with Crippen molar-refractivity contribution in [3.63, 3.8) is 0 Å². The van der Waals surface area contributed by atoms with E-state index >= 15 is 0 Å². The fourth-order valence-corrected chi connectivity index (χ4v) is 1.87. The molecule has 5 heteroatoms. The molecule has 0 aliphatic heterocycles. The molecule has 78 valence electrons. The number of aliphatic hydroxyl groups is 1. The minimum absolute atomic E-state index is 0.191. The Kier molecular flexibility index (Phi) is 2.79. The zero-order chi connectivity index (χ0) is 9.97. The smallest absolute Gasteiger partial charge is 0.146 e. The van der Waals surface area contributed by atoms with Gasteiger partial charge in [-0.1, -0.05) is 0 Å². The topological polar surface area (TPSA) is 63.0 Å². The lowest BCUT2D eigenvalue weighted by atomic mass is 10.2. The summed E-state index contributed by atoms with van der Waals surface area (Å²) in [5, 5.41) is 20.6. The lowest BCUT2D eigenvalue weighted by Crippen LogP contribution is -2.35. The van der Waals surface area contributed by atoms with Gasteiger partial charge in [-0.15, -0.1) is 10.2 Å². The third kappa shape index (κ3) is 1.93. The van der Waals surface area contributed by atoms with Crippen molar-refractivity contribution in [1.82, 2.24) is 20.1 Å². The number of aliphatic hydroxyl groups excluding tert-OH is 1. The number of aromatic nitrogens is 3. The summed E-state index contributed by atoms with van der Waals surface area (Å²) in [4.78, 5) is 0. The Hall–Kier alpha value is -0.940. The summed E-state index contributed by atoms with van der Waals surface area (Å²) in [7, 11) is 1.92. The van der Waals surface area contributed by atoms with Gasteiger partial charge >= 0.3 is 0 Å². The zero-order valence-electron chi connectivity index (χ0n) is 8.35. The SMILES string of the molecule is Cn1cnnc1CN[C@H]1CCC[C@@H]1O. The summed E-state index contributed by atoms with van der Waals surface area (Å²) in [5.41, 5.74) is 0. The fraction of sp³-hybridized carbons (Fsp3) is 0.778. The number of nitrogens with one attached hydrogen (secondary N) is 1. The molecule has 1 aromatic heterocycles. The van der Waals surface area contributed by atoms with Crippen LogP contribution in [-0.4, -0.2) is 32.0 Å². The van der Waals surface area contributed by atoms with Crippen LogP contribution in [0.4, 0.5) is 0 Å². The molecule has 0 bridgehead atoms. The van der Waals surface area contributed by atoms with E-state index in [1.54, 1.807) is 6.33 Å². The standard InChI is InChI=1S/C9H16N4O/c1-13-6-11-12-9(13)5-10-7-3-2-4-8(7)14/h6-8,10,14H,2-5H2,1H3/t7-,8-/m0/s1. The van der Waals surface area contributed by atoms with Gasteiger partial charge in [0.15, 0.2) is 0 Å². The Morgan fingerprint density at radius 2 is 2.50 bits per heavy atom. The van der Waals surface area contributed by atoms with E-state index in [9.17, 15) is 5.11 Å². The number of hydrogen-bond donors (Lipinski definition) is 2. The van der Waals surface area contributed by atoms with Crippen LogP contribution in [0, 0.1) is 0 Å². The van der Waals surface area contributed by atoms with E-state index in [2.05, 4.69) is 15.5 Å². The average molecular weight is 196 g/mol. The van der Waals surface area contributed by atoms with Gasteiger partial charge in [-0.2, -0.15) is 0 Å². The maximum Gasteiger partial charge on any atom is 0.146 e. The van der Waals surface area contributed by atoms with E-state index in [0.29, 0.717) is 6.54 Å². The third-order valence-electron chi connectivity index (χ3n) is 2.81. The predicted octanol–water partition coefficient (Wildman–Crippen LogP) is -0.182. The molecular weight excluding hydrogens is 180 g/mol. The molecule has 0 aromatic carbocycles. The van der Waals surface area contributed by atoms with Crippen molar-refractivity contribution in [3.8, 4) is 0 Å². The van der Waals surface area contributed by atoms with Crippen LogP contribution in [0.2, 0.25) is 0 Å². The highest BCUT2D eigenvalue weighted by Gasteiger charge is 2.24. The van der Waals surface area contributed by atoms with E-state index in [0.717, 1.165) is 25.1 Å². The molecule has 1 heterocycles. The Bertz CT molecular complexity index is 299. The first-order valence-corrected chi connectivity index (χ1v) is 5.01. The fourth-order valence-electron chi connectivity index (χ4n) is 1.87. The predicted molar refractivity (Wildman–Crippen MR) is 51.5 cm³/mol. The molecule has 0 amide bonds. The number of hydrogen-bond acceptors (Lipinski definition) is 4. The van der Waals surface area contributed by atoms with Gasteiger partial charge in [-0.25, -0.2) is 0 Å². The second-order valence-corrected chi connectivity index (χ2v) is 3.84. The van der Waals surface area contributed by atoms with Crippen LogP contribution in [0.1, 0.15) is 25.1 Å². The Morgan fingerprint density at radius 1 is 1.64 bits per heavy atom. The lowest BCUT2D eigenvalue weighted by molar-refractivity contribution is 0.148. The van der Waals surface area contributed by atoms with Crippen molar-refractivity contribution in [2.75, 3.05) is 0 Å². The molecule has 1 saturated carbocycles. The van der Waals surface area contributed by atoms with Gasteiger partial charge in [0, 0.05) is 13.1 Å². The van der Waals surface area contributed by atoms with E-state index in [4.69, 9.17) is 0 Å². The van der Waals surface area contributed by atoms with Crippen LogP contribution >= 0.6 is 0 Å². The summed E-state index contributed by atoms with van der Waals surface area (Å²) in [6, 6.07) is 0.228.